The largest absolute Gasteiger partial charge is 0.481 e. The van der Waals surface area contributed by atoms with E-state index >= 15 is 0 Å². The van der Waals surface area contributed by atoms with E-state index in [1.54, 1.807) is 0 Å². The lowest BCUT2D eigenvalue weighted by molar-refractivity contribution is -0.136. The molecule has 120 valence electrons. The van der Waals surface area contributed by atoms with Gasteiger partial charge in [-0.1, -0.05) is 17.0 Å². The Morgan fingerprint density at radius 3 is 2.23 bits per heavy atom. The number of aliphatic carboxylic acids is 1. The molecule has 3 rings (SSSR count). The Morgan fingerprint density at radius 1 is 1.04 bits per heavy atom. The second kappa shape index (κ2) is 6.71. The maximum Gasteiger partial charge on any atom is 0.303 e. The van der Waals surface area contributed by atoms with Crippen molar-refractivity contribution in [2.45, 2.75) is 12.8 Å². The number of halogens is 2. The third-order valence-corrected chi connectivity index (χ3v) is 4.24. The smallest absolute Gasteiger partial charge is 0.303 e. The second-order valence-electron chi connectivity index (χ2n) is 5.94. The number of benzene rings is 2. The monoisotopic (exact) mass is 341 g/mol. The fraction of sp³-hybridized carbons (Fsp3) is 0.118. The first kappa shape index (κ1) is 18.4. The number of nitrogens with one attached hydrogen (secondary N) is 1. The molecular weight excluding hydrogens is 331 g/mol. The van der Waals surface area contributed by atoms with Crippen molar-refractivity contribution >= 4 is 70.1 Å². The summed E-state index contributed by atoms with van der Waals surface area (Å²) in [5.41, 5.74) is 1.44. The van der Waals surface area contributed by atoms with Crippen LogP contribution < -0.4 is 21.9 Å². The van der Waals surface area contributed by atoms with Gasteiger partial charge in [-0.15, -0.1) is 10.9 Å². The number of hydrogen-bond donors (Lipinski definition) is 2. The molecule has 3 aromatic rings. The number of H-pyrrole nitrogens is 1. The van der Waals surface area contributed by atoms with E-state index in [1.165, 1.54) is 6.07 Å². The van der Waals surface area contributed by atoms with Crippen LogP contribution in [0.25, 0.3) is 22.2 Å². The number of hydrogen-bond acceptors (Lipinski definition) is 1. The first-order valence-electron chi connectivity index (χ1n) is 7.65. The average Bonchev–Trinajstić information content (AvgIpc) is 2.90. The molecule has 0 spiro atoms. The predicted molar refractivity (Wildman–Crippen MR) is 101 cm³/mol. The van der Waals surface area contributed by atoms with Gasteiger partial charge in [-0.05, 0) is 23.6 Å². The number of carbonyl (C=O) groups is 1. The standard InChI is InChI=1S/C17H9B4F2NO2/c18-9-5-10(19)15(21)13(14(9)20)17-7(1-2-12(25)26)8-3-6(22)4-11(23)16(8)24-17/h3-5,24H,1-2H2,(H,25,26). The number of carboxylic acids is 1. The third-order valence-electron chi connectivity index (χ3n) is 4.24. The Hall–Kier alpha value is -2.43. The highest BCUT2D eigenvalue weighted by Gasteiger charge is 2.20. The van der Waals surface area contributed by atoms with E-state index in [-0.39, 0.29) is 56.9 Å². The average molecular weight is 341 g/mol. The summed E-state index contributed by atoms with van der Waals surface area (Å²) < 4.78 is 27.9. The number of aromatic amines is 1. The highest BCUT2D eigenvalue weighted by Crippen LogP contribution is 2.31. The van der Waals surface area contributed by atoms with Gasteiger partial charge in [0.15, 0.2) is 0 Å². The van der Waals surface area contributed by atoms with E-state index in [0.29, 0.717) is 5.56 Å². The van der Waals surface area contributed by atoms with E-state index in [9.17, 15) is 13.6 Å². The van der Waals surface area contributed by atoms with Gasteiger partial charge in [-0.3, -0.25) is 4.79 Å². The van der Waals surface area contributed by atoms with Crippen molar-refractivity contribution in [3.8, 4) is 11.3 Å². The molecule has 0 aliphatic rings. The number of fused-ring (bicyclic) bond motifs is 1. The van der Waals surface area contributed by atoms with Crippen molar-refractivity contribution in [3.63, 3.8) is 0 Å². The maximum atomic E-state index is 14.2. The van der Waals surface area contributed by atoms with Gasteiger partial charge in [0.2, 0.25) is 0 Å². The SMILES string of the molecule is [B]c1cc([B])c([B])c(-c2[nH]c3c(F)cc(F)cc3c2CCC(=O)O)c1[B]. The fourth-order valence-electron chi connectivity index (χ4n) is 3.00. The van der Waals surface area contributed by atoms with Crippen molar-refractivity contribution in [2.24, 2.45) is 0 Å². The summed E-state index contributed by atoms with van der Waals surface area (Å²) >= 11 is 0. The molecular formula is C17H9B4F2NO2. The molecule has 0 bridgehead atoms. The summed E-state index contributed by atoms with van der Waals surface area (Å²) in [7, 11) is 23.8. The van der Waals surface area contributed by atoms with E-state index in [2.05, 4.69) is 4.98 Å². The quantitative estimate of drug-likeness (QED) is 0.618. The Morgan fingerprint density at radius 2 is 1.65 bits per heavy atom. The molecule has 0 saturated heterocycles. The van der Waals surface area contributed by atoms with E-state index in [0.717, 1.165) is 12.1 Å². The van der Waals surface area contributed by atoms with Gasteiger partial charge in [0.25, 0.3) is 0 Å². The molecule has 8 radical (unpaired) electrons. The van der Waals surface area contributed by atoms with Gasteiger partial charge in [0.1, 0.15) is 43.0 Å². The molecule has 0 fully saturated rings. The lowest BCUT2D eigenvalue weighted by atomic mass is 9.66. The zero-order valence-corrected chi connectivity index (χ0v) is 13.6. The summed E-state index contributed by atoms with van der Waals surface area (Å²) in [5, 5.41) is 9.21. The minimum Gasteiger partial charge on any atom is -0.481 e. The first-order valence-corrected chi connectivity index (χ1v) is 7.65. The number of carboxylic acid groups (broad SMARTS) is 1. The van der Waals surface area contributed by atoms with E-state index in [4.69, 9.17) is 36.5 Å². The van der Waals surface area contributed by atoms with Crippen LogP contribution >= 0.6 is 0 Å². The highest BCUT2D eigenvalue weighted by atomic mass is 19.1. The van der Waals surface area contributed by atoms with Gasteiger partial charge in [0, 0.05) is 23.6 Å². The zero-order chi connectivity index (χ0) is 19.2. The molecule has 0 aliphatic heterocycles. The maximum absolute atomic E-state index is 14.2. The molecule has 3 nitrogen and oxygen atoms in total. The van der Waals surface area contributed by atoms with E-state index in [1.807, 2.05) is 0 Å². The van der Waals surface area contributed by atoms with Gasteiger partial charge in [-0.2, -0.15) is 0 Å². The fourth-order valence-corrected chi connectivity index (χ4v) is 3.00. The molecule has 2 N–H and O–H groups in total. The number of aryl methyl sites for hydroxylation is 1. The summed E-state index contributed by atoms with van der Waals surface area (Å²) in [6, 6.07) is 3.25. The van der Waals surface area contributed by atoms with Crippen LogP contribution in [-0.4, -0.2) is 47.4 Å². The lowest BCUT2D eigenvalue weighted by Gasteiger charge is -2.17. The minimum absolute atomic E-state index is 0.00113. The summed E-state index contributed by atoms with van der Waals surface area (Å²) in [5.74, 6) is -2.67. The van der Waals surface area contributed by atoms with Gasteiger partial charge in [0.05, 0.1) is 5.52 Å². The van der Waals surface area contributed by atoms with E-state index < -0.39 is 17.6 Å². The van der Waals surface area contributed by atoms with Crippen molar-refractivity contribution in [1.82, 2.24) is 4.98 Å². The lowest BCUT2D eigenvalue weighted by Crippen LogP contribution is -2.42. The van der Waals surface area contributed by atoms with Gasteiger partial charge >= 0.3 is 5.97 Å². The molecule has 0 atom stereocenters. The Labute approximate surface area is 153 Å². The van der Waals surface area contributed by atoms with Crippen LogP contribution in [0, 0.1) is 11.6 Å². The normalized spacial score (nSPS) is 11.2. The van der Waals surface area contributed by atoms with Crippen LogP contribution in [-0.2, 0) is 11.2 Å². The van der Waals surface area contributed by atoms with Crippen LogP contribution in [0.15, 0.2) is 18.2 Å². The number of aromatic nitrogens is 1. The molecule has 26 heavy (non-hydrogen) atoms. The molecule has 9 heteroatoms. The summed E-state index contributed by atoms with van der Waals surface area (Å²) in [6.45, 7) is 0. The molecule has 2 aromatic carbocycles. The number of rotatable bonds is 4. The first-order chi connectivity index (χ1) is 12.2. The van der Waals surface area contributed by atoms with Crippen molar-refractivity contribution in [3.05, 3.63) is 35.4 Å². The Bertz CT molecular complexity index is 1020. The minimum atomic E-state index is -1.06. The third kappa shape index (κ3) is 3.06. The Balaban J connectivity index is 2.38. The molecule has 0 saturated carbocycles. The molecule has 0 aliphatic carbocycles. The summed E-state index contributed by atoms with van der Waals surface area (Å²) in [6.07, 6.45) is -0.253. The van der Waals surface area contributed by atoms with Crippen molar-refractivity contribution < 1.29 is 18.7 Å². The Kier molecular flexibility index (Phi) is 4.74. The van der Waals surface area contributed by atoms with Crippen LogP contribution in [0.4, 0.5) is 8.78 Å². The van der Waals surface area contributed by atoms with Crippen molar-refractivity contribution in [2.75, 3.05) is 0 Å². The van der Waals surface area contributed by atoms with Gasteiger partial charge < -0.3 is 10.1 Å². The van der Waals surface area contributed by atoms with Crippen LogP contribution in [0.3, 0.4) is 0 Å². The highest BCUT2D eigenvalue weighted by molar-refractivity contribution is 6.59. The molecule has 1 heterocycles. The molecule has 1 aromatic heterocycles. The van der Waals surface area contributed by atoms with Crippen LogP contribution in [0.2, 0.25) is 0 Å². The second-order valence-corrected chi connectivity index (χ2v) is 5.94. The zero-order valence-electron chi connectivity index (χ0n) is 13.6. The van der Waals surface area contributed by atoms with Crippen LogP contribution in [0.1, 0.15) is 12.0 Å². The van der Waals surface area contributed by atoms with Crippen molar-refractivity contribution in [1.29, 1.82) is 0 Å². The topological polar surface area (TPSA) is 53.1 Å². The molecule has 0 unspecified atom stereocenters. The molecule has 0 amide bonds. The summed E-state index contributed by atoms with van der Waals surface area (Å²) in [4.78, 5) is 13.8. The predicted octanol–water partition coefficient (Wildman–Crippen LogP) is -0.695. The van der Waals surface area contributed by atoms with Crippen LogP contribution in [0.5, 0.6) is 0 Å². The van der Waals surface area contributed by atoms with Gasteiger partial charge in [-0.25, -0.2) is 8.78 Å².